The van der Waals surface area contributed by atoms with Crippen molar-refractivity contribution in [1.29, 1.82) is 0 Å². The summed E-state index contributed by atoms with van der Waals surface area (Å²) >= 11 is 3.23. The molecule has 0 amide bonds. The topological polar surface area (TPSA) is 82.5 Å². The number of carbonyl (C=O) groups is 1. The van der Waals surface area contributed by atoms with Gasteiger partial charge in [-0.05, 0) is 12.1 Å². The number of nitrogens with two attached hydrogens (primary N) is 1. The molecule has 0 aliphatic carbocycles. The second-order valence-corrected chi connectivity index (χ2v) is 4.25. The van der Waals surface area contributed by atoms with Gasteiger partial charge in [-0.2, -0.15) is 0 Å². The SMILES string of the molecule is COC(=O)c1cc(=O)c2cc(Br)cc(N)c2o1. The quantitative estimate of drug-likeness (QED) is 0.642. The average molecular weight is 298 g/mol. The number of esters is 1. The maximum absolute atomic E-state index is 11.8. The third kappa shape index (κ3) is 2.03. The van der Waals surface area contributed by atoms with Crippen molar-refractivity contribution in [3.8, 4) is 0 Å². The van der Waals surface area contributed by atoms with Crippen molar-refractivity contribution in [3.05, 3.63) is 38.7 Å². The molecule has 17 heavy (non-hydrogen) atoms. The van der Waals surface area contributed by atoms with Crippen LogP contribution in [0.1, 0.15) is 10.6 Å². The van der Waals surface area contributed by atoms with Crippen LogP contribution in [0.4, 0.5) is 5.69 Å². The lowest BCUT2D eigenvalue weighted by Gasteiger charge is -2.04. The van der Waals surface area contributed by atoms with Crippen LogP contribution < -0.4 is 11.2 Å². The zero-order chi connectivity index (χ0) is 12.6. The van der Waals surface area contributed by atoms with Crippen molar-refractivity contribution in [2.45, 2.75) is 0 Å². The van der Waals surface area contributed by atoms with E-state index in [0.29, 0.717) is 9.86 Å². The Bertz CT molecular complexity index is 662. The van der Waals surface area contributed by atoms with E-state index in [1.807, 2.05) is 0 Å². The predicted molar refractivity (Wildman–Crippen MR) is 65.9 cm³/mol. The molecule has 0 aliphatic rings. The molecule has 1 aromatic heterocycles. The molecule has 88 valence electrons. The van der Waals surface area contributed by atoms with Gasteiger partial charge in [-0.15, -0.1) is 0 Å². The van der Waals surface area contributed by atoms with Crippen molar-refractivity contribution in [3.63, 3.8) is 0 Å². The van der Waals surface area contributed by atoms with Crippen LogP contribution in [-0.2, 0) is 4.74 Å². The number of hydrogen-bond acceptors (Lipinski definition) is 5. The lowest BCUT2D eigenvalue weighted by Crippen LogP contribution is -2.09. The highest BCUT2D eigenvalue weighted by molar-refractivity contribution is 9.10. The molecule has 2 aromatic rings. The number of anilines is 1. The molecule has 2 rings (SSSR count). The van der Waals surface area contributed by atoms with Gasteiger partial charge in [-0.1, -0.05) is 15.9 Å². The van der Waals surface area contributed by atoms with E-state index in [4.69, 9.17) is 10.2 Å². The van der Waals surface area contributed by atoms with Crippen molar-refractivity contribution in [1.82, 2.24) is 0 Å². The van der Waals surface area contributed by atoms with E-state index in [0.717, 1.165) is 6.07 Å². The summed E-state index contributed by atoms with van der Waals surface area (Å²) in [7, 11) is 1.21. The van der Waals surface area contributed by atoms with E-state index in [1.165, 1.54) is 7.11 Å². The molecule has 0 radical (unpaired) electrons. The van der Waals surface area contributed by atoms with E-state index in [2.05, 4.69) is 20.7 Å². The van der Waals surface area contributed by atoms with Gasteiger partial charge in [0.05, 0.1) is 18.2 Å². The highest BCUT2D eigenvalue weighted by Gasteiger charge is 2.14. The van der Waals surface area contributed by atoms with Gasteiger partial charge in [-0.3, -0.25) is 4.79 Å². The molecule has 0 atom stereocenters. The Morgan fingerprint density at radius 1 is 1.41 bits per heavy atom. The molecule has 0 aliphatic heterocycles. The summed E-state index contributed by atoms with van der Waals surface area (Å²) in [6.45, 7) is 0. The zero-order valence-electron chi connectivity index (χ0n) is 8.82. The van der Waals surface area contributed by atoms with Crippen LogP contribution in [0.25, 0.3) is 11.0 Å². The first-order chi connectivity index (χ1) is 8.02. The lowest BCUT2D eigenvalue weighted by atomic mass is 10.2. The summed E-state index contributed by atoms with van der Waals surface area (Å²) in [5.74, 6) is -0.884. The van der Waals surface area contributed by atoms with E-state index in [-0.39, 0.29) is 22.5 Å². The third-order valence-corrected chi connectivity index (χ3v) is 2.67. The van der Waals surface area contributed by atoms with Crippen molar-refractivity contribution < 1.29 is 13.9 Å². The number of methoxy groups -OCH3 is 1. The van der Waals surface area contributed by atoms with E-state index in [1.54, 1.807) is 12.1 Å². The molecule has 0 unspecified atom stereocenters. The number of carbonyl (C=O) groups excluding carboxylic acids is 1. The summed E-state index contributed by atoms with van der Waals surface area (Å²) in [6.07, 6.45) is 0. The molecule has 0 fully saturated rings. The fourth-order valence-electron chi connectivity index (χ4n) is 1.45. The first-order valence-corrected chi connectivity index (χ1v) is 5.43. The van der Waals surface area contributed by atoms with Gasteiger partial charge in [-0.25, -0.2) is 4.79 Å². The molecule has 5 nitrogen and oxygen atoms in total. The molecule has 2 N–H and O–H groups in total. The van der Waals surface area contributed by atoms with Crippen LogP contribution >= 0.6 is 15.9 Å². The van der Waals surface area contributed by atoms with Gasteiger partial charge in [0, 0.05) is 10.5 Å². The molecular formula is C11H8BrNO4. The Hall–Kier alpha value is -1.82. The molecule has 1 aromatic carbocycles. The average Bonchev–Trinajstić information content (AvgIpc) is 2.29. The van der Waals surface area contributed by atoms with Gasteiger partial charge in [0.25, 0.3) is 0 Å². The summed E-state index contributed by atoms with van der Waals surface area (Å²) < 4.78 is 10.4. The van der Waals surface area contributed by atoms with Crippen molar-refractivity contribution >= 4 is 38.6 Å². The number of hydrogen-bond donors (Lipinski definition) is 1. The fourth-order valence-corrected chi connectivity index (χ4v) is 1.92. The van der Waals surface area contributed by atoms with Gasteiger partial charge in [0.1, 0.15) is 0 Å². The second kappa shape index (κ2) is 4.21. The Labute approximate surface area is 104 Å². The summed E-state index contributed by atoms with van der Waals surface area (Å²) in [5.41, 5.74) is 5.83. The monoisotopic (exact) mass is 297 g/mol. The minimum Gasteiger partial charge on any atom is -0.463 e. The number of nitrogen functional groups attached to an aromatic ring is 1. The molecule has 0 saturated carbocycles. The molecule has 0 spiro atoms. The van der Waals surface area contributed by atoms with Crippen LogP contribution in [0.3, 0.4) is 0 Å². The predicted octanol–water partition coefficient (Wildman–Crippen LogP) is 1.92. The van der Waals surface area contributed by atoms with E-state index >= 15 is 0 Å². The first-order valence-electron chi connectivity index (χ1n) is 4.64. The van der Waals surface area contributed by atoms with Crippen molar-refractivity contribution in [2.75, 3.05) is 12.8 Å². The Balaban J connectivity index is 2.82. The van der Waals surface area contributed by atoms with Gasteiger partial charge < -0.3 is 14.9 Å². The maximum Gasteiger partial charge on any atom is 0.374 e. The van der Waals surface area contributed by atoms with Crippen LogP contribution in [0.5, 0.6) is 0 Å². The van der Waals surface area contributed by atoms with Gasteiger partial charge >= 0.3 is 5.97 Å². The van der Waals surface area contributed by atoms with Crippen LogP contribution in [0, 0.1) is 0 Å². The standard InChI is InChI=1S/C11H8BrNO4/c1-16-11(15)9-4-8(14)6-2-5(12)3-7(13)10(6)17-9/h2-4H,13H2,1H3. The van der Waals surface area contributed by atoms with E-state index < -0.39 is 5.97 Å². The smallest absolute Gasteiger partial charge is 0.374 e. The largest absolute Gasteiger partial charge is 0.463 e. The van der Waals surface area contributed by atoms with Gasteiger partial charge in [0.15, 0.2) is 11.0 Å². The highest BCUT2D eigenvalue weighted by Crippen LogP contribution is 2.24. The Morgan fingerprint density at radius 2 is 2.12 bits per heavy atom. The molecule has 1 heterocycles. The minimum absolute atomic E-state index is 0.168. The molecule has 6 heteroatoms. The Kier molecular flexibility index (Phi) is 2.89. The third-order valence-electron chi connectivity index (χ3n) is 2.21. The summed E-state index contributed by atoms with van der Waals surface area (Å²) in [6, 6.07) is 4.25. The molecule has 0 saturated heterocycles. The van der Waals surface area contributed by atoms with E-state index in [9.17, 15) is 9.59 Å². The lowest BCUT2D eigenvalue weighted by molar-refractivity contribution is 0.0566. The van der Waals surface area contributed by atoms with Crippen molar-refractivity contribution in [2.24, 2.45) is 0 Å². The highest BCUT2D eigenvalue weighted by atomic mass is 79.9. The van der Waals surface area contributed by atoms with Crippen LogP contribution in [0.15, 0.2) is 31.9 Å². The number of halogens is 1. The molecule has 0 bridgehead atoms. The second-order valence-electron chi connectivity index (χ2n) is 3.34. The number of ether oxygens (including phenoxy) is 1. The fraction of sp³-hybridized carbons (Fsp3) is 0.0909. The normalized spacial score (nSPS) is 10.5. The van der Waals surface area contributed by atoms with Crippen LogP contribution in [0.2, 0.25) is 0 Å². The minimum atomic E-state index is -0.716. The number of fused-ring (bicyclic) bond motifs is 1. The maximum atomic E-state index is 11.8. The first kappa shape index (κ1) is 11.7. The summed E-state index contributed by atoms with van der Waals surface area (Å²) in [5, 5.41) is 0.310. The zero-order valence-corrected chi connectivity index (χ0v) is 10.4. The van der Waals surface area contributed by atoms with Gasteiger partial charge in [0.2, 0.25) is 5.76 Å². The van der Waals surface area contributed by atoms with Crippen LogP contribution in [-0.4, -0.2) is 13.1 Å². The number of rotatable bonds is 1. The summed E-state index contributed by atoms with van der Waals surface area (Å²) in [4.78, 5) is 23.1. The number of benzene rings is 1. The molecular weight excluding hydrogens is 290 g/mol. The Morgan fingerprint density at radius 3 is 2.76 bits per heavy atom.